The number of hydrogen-bond donors (Lipinski definition) is 3. The van der Waals surface area contributed by atoms with Gasteiger partial charge in [-0.15, -0.1) is 0 Å². The van der Waals surface area contributed by atoms with Crippen molar-refractivity contribution in [3.05, 3.63) is 58.1 Å². The van der Waals surface area contributed by atoms with Crippen LogP contribution in [0.2, 0.25) is 5.02 Å². The summed E-state index contributed by atoms with van der Waals surface area (Å²) >= 11 is 6.09. The van der Waals surface area contributed by atoms with Gasteiger partial charge in [0.15, 0.2) is 0 Å². The van der Waals surface area contributed by atoms with Crippen molar-refractivity contribution in [2.24, 2.45) is 0 Å². The number of nitrogen functional groups attached to an aromatic ring is 1. The highest BCUT2D eigenvalue weighted by atomic mass is 35.5. The maximum Gasteiger partial charge on any atom is 0.470 e. The monoisotopic (exact) mass is 410 g/mol. The number of fused-ring (bicyclic) bond motifs is 1. The number of halogens is 1. The third-order valence-electron chi connectivity index (χ3n) is 4.47. The van der Waals surface area contributed by atoms with Crippen molar-refractivity contribution in [1.29, 1.82) is 0 Å². The Kier molecular flexibility index (Phi) is 5.60. The van der Waals surface area contributed by atoms with Gasteiger partial charge in [0.1, 0.15) is 0 Å². The van der Waals surface area contributed by atoms with Crippen LogP contribution < -0.4 is 10.6 Å². The Morgan fingerprint density at radius 1 is 1.30 bits per heavy atom. The number of rotatable bonds is 3. The van der Waals surface area contributed by atoms with E-state index in [1.165, 1.54) is 0 Å². The molecule has 0 radical (unpaired) electrons. The number of nitrogens with two attached hydrogens (primary N) is 1. The fourth-order valence-electron chi connectivity index (χ4n) is 3.30. The van der Waals surface area contributed by atoms with Gasteiger partial charge in [0, 0.05) is 34.1 Å². The molecule has 0 saturated carbocycles. The first-order chi connectivity index (χ1) is 12.7. The van der Waals surface area contributed by atoms with Crippen molar-refractivity contribution in [1.82, 2.24) is 0 Å². The molecule has 7 nitrogen and oxygen atoms in total. The SMILES string of the molecule is Cc1cc(N)ccc1C(=O)N1CCCC(OP(=O)(O)O)c2cc(Cl)ccc21. The van der Waals surface area contributed by atoms with Gasteiger partial charge < -0.3 is 20.4 Å². The number of phosphoric ester groups is 1. The van der Waals surface area contributed by atoms with Crippen molar-refractivity contribution in [3.63, 3.8) is 0 Å². The van der Waals surface area contributed by atoms with E-state index in [9.17, 15) is 19.1 Å². The standard InChI is InChI=1S/C18H20ClN2O5P/c1-11-9-13(20)5-6-14(11)18(22)21-8-2-3-17(26-27(23,24)25)15-10-12(19)4-7-16(15)21/h4-7,9-10,17H,2-3,8,20H2,1H3,(H2,23,24,25). The Balaban J connectivity index is 2.05. The molecule has 0 fully saturated rings. The normalized spacial score (nSPS) is 17.3. The topological polar surface area (TPSA) is 113 Å². The van der Waals surface area contributed by atoms with E-state index in [4.69, 9.17) is 21.9 Å². The molecule has 1 heterocycles. The Morgan fingerprint density at radius 3 is 2.70 bits per heavy atom. The van der Waals surface area contributed by atoms with Crippen LogP contribution in [-0.2, 0) is 9.09 Å². The van der Waals surface area contributed by atoms with Crippen LogP contribution in [0.3, 0.4) is 0 Å². The van der Waals surface area contributed by atoms with E-state index in [2.05, 4.69) is 0 Å². The highest BCUT2D eigenvalue weighted by Crippen LogP contribution is 2.47. The van der Waals surface area contributed by atoms with Crippen molar-refractivity contribution in [2.45, 2.75) is 25.9 Å². The van der Waals surface area contributed by atoms with Gasteiger partial charge in [-0.3, -0.25) is 9.32 Å². The zero-order chi connectivity index (χ0) is 19.8. The molecule has 144 valence electrons. The first-order valence-corrected chi connectivity index (χ1v) is 10.3. The van der Waals surface area contributed by atoms with E-state index in [0.29, 0.717) is 46.9 Å². The van der Waals surface area contributed by atoms with Gasteiger partial charge in [-0.25, -0.2) is 4.57 Å². The average Bonchev–Trinajstić information content (AvgIpc) is 2.72. The fraction of sp³-hybridized carbons (Fsp3) is 0.278. The summed E-state index contributed by atoms with van der Waals surface area (Å²) in [5, 5.41) is 0.394. The first-order valence-electron chi connectivity index (χ1n) is 8.37. The van der Waals surface area contributed by atoms with Crippen molar-refractivity contribution >= 4 is 36.7 Å². The van der Waals surface area contributed by atoms with Gasteiger partial charge in [-0.2, -0.15) is 0 Å². The van der Waals surface area contributed by atoms with E-state index in [0.717, 1.165) is 5.56 Å². The Bertz CT molecular complexity index is 930. The van der Waals surface area contributed by atoms with E-state index in [-0.39, 0.29) is 5.91 Å². The van der Waals surface area contributed by atoms with Crippen molar-refractivity contribution in [2.75, 3.05) is 17.2 Å². The molecule has 1 amide bonds. The number of benzene rings is 2. The molecule has 27 heavy (non-hydrogen) atoms. The molecule has 4 N–H and O–H groups in total. The minimum Gasteiger partial charge on any atom is -0.399 e. The molecule has 0 spiro atoms. The van der Waals surface area contributed by atoms with Gasteiger partial charge in [0.2, 0.25) is 0 Å². The number of aryl methyl sites for hydroxylation is 1. The molecule has 1 unspecified atom stereocenters. The largest absolute Gasteiger partial charge is 0.470 e. The molecule has 0 bridgehead atoms. The number of phosphoric acid groups is 1. The van der Waals surface area contributed by atoms with Crippen molar-refractivity contribution in [3.8, 4) is 0 Å². The predicted molar refractivity (Wildman–Crippen MR) is 104 cm³/mol. The summed E-state index contributed by atoms with van der Waals surface area (Å²) in [6.45, 7) is 2.20. The van der Waals surface area contributed by atoms with E-state index in [1.807, 2.05) is 6.92 Å². The van der Waals surface area contributed by atoms with Crippen molar-refractivity contribution < 1.29 is 23.7 Å². The van der Waals surface area contributed by atoms with Gasteiger partial charge in [-0.05, 0) is 61.7 Å². The number of nitrogens with zero attached hydrogens (tertiary/aromatic N) is 1. The maximum absolute atomic E-state index is 13.2. The molecule has 1 aliphatic heterocycles. The molecule has 1 aliphatic rings. The Hall–Kier alpha value is -1.89. The molecule has 0 aromatic heterocycles. The molecule has 0 saturated heterocycles. The smallest absolute Gasteiger partial charge is 0.399 e. The fourth-order valence-corrected chi connectivity index (χ4v) is 4.03. The van der Waals surface area contributed by atoms with Crippen LogP contribution in [0, 0.1) is 6.92 Å². The van der Waals surface area contributed by atoms with Crippen LogP contribution >= 0.6 is 19.4 Å². The Morgan fingerprint density at radius 2 is 2.04 bits per heavy atom. The summed E-state index contributed by atoms with van der Waals surface area (Å²) in [4.78, 5) is 33.2. The number of amides is 1. The lowest BCUT2D eigenvalue weighted by Gasteiger charge is -2.25. The highest BCUT2D eigenvalue weighted by molar-refractivity contribution is 7.46. The second-order valence-electron chi connectivity index (χ2n) is 6.46. The predicted octanol–water partition coefficient (Wildman–Crippen LogP) is 3.82. The van der Waals surface area contributed by atoms with Gasteiger partial charge >= 0.3 is 7.82 Å². The molecule has 2 aromatic carbocycles. The van der Waals surface area contributed by atoms with Crippen LogP contribution in [0.25, 0.3) is 0 Å². The third-order valence-corrected chi connectivity index (χ3v) is 5.23. The second kappa shape index (κ2) is 7.62. The maximum atomic E-state index is 13.2. The molecular formula is C18H20ClN2O5P. The lowest BCUT2D eigenvalue weighted by molar-refractivity contribution is 0.0985. The minimum absolute atomic E-state index is 0.215. The number of carbonyl (C=O) groups excluding carboxylic acids is 1. The van der Waals surface area contributed by atoms with Gasteiger partial charge in [-0.1, -0.05) is 11.6 Å². The highest BCUT2D eigenvalue weighted by Gasteiger charge is 2.32. The van der Waals surface area contributed by atoms with Crippen LogP contribution in [0.15, 0.2) is 36.4 Å². The molecule has 3 rings (SSSR count). The van der Waals surface area contributed by atoms with E-state index >= 15 is 0 Å². The zero-order valence-corrected chi connectivity index (χ0v) is 16.3. The van der Waals surface area contributed by atoms with Crippen LogP contribution in [0.5, 0.6) is 0 Å². The second-order valence-corrected chi connectivity index (χ2v) is 8.09. The van der Waals surface area contributed by atoms with E-state index in [1.54, 1.807) is 41.3 Å². The van der Waals surface area contributed by atoms with Crippen LogP contribution in [-0.4, -0.2) is 22.2 Å². The molecule has 2 aromatic rings. The van der Waals surface area contributed by atoms with Gasteiger partial charge in [0.05, 0.1) is 6.10 Å². The minimum atomic E-state index is -4.70. The lowest BCUT2D eigenvalue weighted by Crippen LogP contribution is -2.32. The Labute approximate surface area is 161 Å². The summed E-state index contributed by atoms with van der Waals surface area (Å²) < 4.78 is 16.3. The number of anilines is 2. The molecule has 0 aliphatic carbocycles. The number of carbonyl (C=O) groups is 1. The summed E-state index contributed by atoms with van der Waals surface area (Å²) in [7, 11) is -4.70. The number of hydrogen-bond acceptors (Lipinski definition) is 4. The third kappa shape index (κ3) is 4.51. The molecule has 9 heteroatoms. The van der Waals surface area contributed by atoms with Gasteiger partial charge in [0.25, 0.3) is 5.91 Å². The molecular weight excluding hydrogens is 391 g/mol. The summed E-state index contributed by atoms with van der Waals surface area (Å²) in [5.41, 5.74) is 8.61. The first kappa shape index (κ1) is 19.9. The lowest BCUT2D eigenvalue weighted by atomic mass is 10.0. The summed E-state index contributed by atoms with van der Waals surface area (Å²) in [6, 6.07) is 9.96. The van der Waals surface area contributed by atoms with E-state index < -0.39 is 13.9 Å². The average molecular weight is 411 g/mol. The van der Waals surface area contributed by atoms with Crippen LogP contribution in [0.4, 0.5) is 11.4 Å². The van der Waals surface area contributed by atoms with Crippen LogP contribution in [0.1, 0.15) is 40.4 Å². The summed E-state index contributed by atoms with van der Waals surface area (Å²) in [5.74, 6) is -0.215. The quantitative estimate of drug-likeness (QED) is 0.523. The molecule has 1 atom stereocenters. The summed E-state index contributed by atoms with van der Waals surface area (Å²) in [6.07, 6.45) is 0.00417. The zero-order valence-electron chi connectivity index (χ0n) is 14.6.